The van der Waals surface area contributed by atoms with E-state index in [2.05, 4.69) is 18.9 Å². The van der Waals surface area contributed by atoms with Crippen molar-refractivity contribution in [2.24, 2.45) is 46.3 Å². The molecule has 5 nitrogen and oxygen atoms in total. The topological polar surface area (TPSA) is 53.4 Å². The average molecular weight is 493 g/mol. The summed E-state index contributed by atoms with van der Waals surface area (Å²) in [7, 11) is 3.60. The molecule has 6 rings (SSSR count). The Morgan fingerprint density at radius 3 is 2.75 bits per heavy atom. The van der Waals surface area contributed by atoms with Crippen LogP contribution in [0, 0.1) is 46.3 Å². The van der Waals surface area contributed by atoms with Gasteiger partial charge in [-0.25, -0.2) is 0 Å². The summed E-state index contributed by atoms with van der Waals surface area (Å²) >= 11 is 0. The van der Waals surface area contributed by atoms with Gasteiger partial charge in [-0.1, -0.05) is 32.4 Å². The lowest BCUT2D eigenvalue weighted by atomic mass is 9.44. The van der Waals surface area contributed by atoms with Crippen LogP contribution < -0.4 is 4.74 Å². The number of ether oxygens (including phenoxy) is 2. The number of methoxy groups -OCH3 is 2. The number of ketones is 1. The van der Waals surface area contributed by atoms with E-state index in [4.69, 9.17) is 9.47 Å². The molecule has 0 spiro atoms. The Morgan fingerprint density at radius 1 is 1.08 bits per heavy atom. The molecule has 0 bridgehead atoms. The molecule has 5 heteroatoms. The van der Waals surface area contributed by atoms with Crippen molar-refractivity contribution in [1.82, 2.24) is 9.78 Å². The van der Waals surface area contributed by atoms with E-state index in [0.717, 1.165) is 53.4 Å². The first-order chi connectivity index (χ1) is 17.4. The van der Waals surface area contributed by atoms with Gasteiger partial charge in [-0.15, -0.1) is 0 Å². The molecule has 0 N–H and O–H groups in total. The smallest absolute Gasteiger partial charge is 0.157 e. The Kier molecular flexibility index (Phi) is 6.21. The van der Waals surface area contributed by atoms with Gasteiger partial charge >= 0.3 is 0 Å². The van der Waals surface area contributed by atoms with Crippen molar-refractivity contribution >= 4 is 16.7 Å². The Hall–Kier alpha value is -1.88. The van der Waals surface area contributed by atoms with E-state index in [9.17, 15) is 4.79 Å². The third-order valence-electron chi connectivity index (χ3n) is 11.6. The van der Waals surface area contributed by atoms with Gasteiger partial charge in [-0.2, -0.15) is 5.10 Å². The summed E-state index contributed by atoms with van der Waals surface area (Å²) in [5, 5.41) is 5.62. The van der Waals surface area contributed by atoms with Crippen LogP contribution in [0.1, 0.15) is 71.6 Å². The Balaban J connectivity index is 1.24. The lowest BCUT2D eigenvalue weighted by Crippen LogP contribution is -2.56. The molecule has 36 heavy (non-hydrogen) atoms. The molecule has 0 saturated heterocycles. The van der Waals surface area contributed by atoms with E-state index >= 15 is 0 Å². The number of para-hydroxylation sites is 1. The maximum absolute atomic E-state index is 13.9. The van der Waals surface area contributed by atoms with E-state index in [0.29, 0.717) is 23.7 Å². The number of carbonyl (C=O) groups excluding carboxylic acids is 1. The summed E-state index contributed by atoms with van der Waals surface area (Å²) in [6.07, 6.45) is 13.4. The van der Waals surface area contributed by atoms with Gasteiger partial charge in [0.05, 0.1) is 19.9 Å². The number of aromatic nitrogens is 2. The second-order valence-electron chi connectivity index (χ2n) is 13.0. The van der Waals surface area contributed by atoms with Crippen molar-refractivity contribution in [2.45, 2.75) is 78.2 Å². The lowest BCUT2D eigenvalue weighted by Gasteiger charge is -2.61. The molecule has 4 aliphatic rings. The van der Waals surface area contributed by atoms with Gasteiger partial charge in [0.2, 0.25) is 0 Å². The predicted molar refractivity (Wildman–Crippen MR) is 142 cm³/mol. The number of fused-ring (bicyclic) bond motifs is 6. The lowest BCUT2D eigenvalue weighted by molar-refractivity contribution is -0.154. The summed E-state index contributed by atoms with van der Waals surface area (Å²) in [4.78, 5) is 13.9. The van der Waals surface area contributed by atoms with Crippen LogP contribution >= 0.6 is 0 Å². The van der Waals surface area contributed by atoms with Gasteiger partial charge in [0.25, 0.3) is 0 Å². The Bertz CT molecular complexity index is 1130. The van der Waals surface area contributed by atoms with Crippen molar-refractivity contribution in [3.05, 3.63) is 24.4 Å². The van der Waals surface area contributed by atoms with E-state index in [1.807, 2.05) is 36.2 Å². The molecule has 4 aliphatic carbocycles. The van der Waals surface area contributed by atoms with Gasteiger partial charge in [-0.05, 0) is 97.9 Å². The minimum atomic E-state index is 0.119. The first-order valence-electron chi connectivity index (χ1n) is 14.4. The van der Waals surface area contributed by atoms with Gasteiger partial charge in [0.15, 0.2) is 5.78 Å². The third kappa shape index (κ3) is 3.59. The van der Waals surface area contributed by atoms with Gasteiger partial charge in [-0.3, -0.25) is 9.48 Å². The van der Waals surface area contributed by atoms with Crippen molar-refractivity contribution in [3.63, 3.8) is 0 Å². The zero-order chi connectivity index (χ0) is 25.1. The van der Waals surface area contributed by atoms with E-state index in [1.165, 1.54) is 51.4 Å². The average Bonchev–Trinajstić information content (AvgIpc) is 3.45. The number of hydrogen-bond acceptors (Lipinski definition) is 4. The Morgan fingerprint density at radius 2 is 1.94 bits per heavy atom. The van der Waals surface area contributed by atoms with Crippen LogP contribution in [0.4, 0.5) is 0 Å². The Labute approximate surface area is 216 Å². The maximum Gasteiger partial charge on any atom is 0.157 e. The number of benzene rings is 1. The quantitative estimate of drug-likeness (QED) is 0.460. The second-order valence-corrected chi connectivity index (χ2v) is 13.0. The number of nitrogens with zero attached hydrogens (tertiary/aromatic N) is 2. The summed E-state index contributed by atoms with van der Waals surface area (Å²) in [5.74, 6) is 5.17. The molecule has 0 amide bonds. The number of Topliss-reactive ketones (excluding diaryl/α,β-unsaturated/α-hetero) is 1. The molecule has 8 atom stereocenters. The standard InChI is InChI=1S/C31H44N2O3/c1-20-12-15-31(19-35-3)22(16-20)8-9-23-24-10-11-26(30(24,2)14-13-25(23)31)27(34)18-33-29-21(17-32-33)6-5-7-28(29)36-4/h5-7,17,20,22-26H,8-16,18-19H2,1-4H3/t20?,22?,23?,24?,25?,26-,30?,31?/m1/s1. The highest BCUT2D eigenvalue weighted by atomic mass is 16.5. The van der Waals surface area contributed by atoms with E-state index in [1.54, 1.807) is 7.11 Å². The molecule has 1 aromatic heterocycles. The first-order valence-corrected chi connectivity index (χ1v) is 14.4. The van der Waals surface area contributed by atoms with Gasteiger partial charge in [0.1, 0.15) is 17.8 Å². The molecule has 0 radical (unpaired) electrons. The molecular formula is C31H44N2O3. The maximum atomic E-state index is 13.9. The number of hydrogen-bond donors (Lipinski definition) is 0. The van der Waals surface area contributed by atoms with Crippen LogP contribution in [0.3, 0.4) is 0 Å². The van der Waals surface area contributed by atoms with Crippen LogP contribution in [-0.2, 0) is 16.1 Å². The van der Waals surface area contributed by atoms with Crippen molar-refractivity contribution in [1.29, 1.82) is 0 Å². The normalized spacial score (nSPS) is 39.9. The molecule has 4 fully saturated rings. The van der Waals surface area contributed by atoms with Crippen molar-refractivity contribution in [3.8, 4) is 5.75 Å². The number of carbonyl (C=O) groups is 1. The monoisotopic (exact) mass is 492 g/mol. The molecule has 196 valence electrons. The van der Waals surface area contributed by atoms with E-state index in [-0.39, 0.29) is 11.3 Å². The molecule has 4 saturated carbocycles. The van der Waals surface area contributed by atoms with Gasteiger partial charge < -0.3 is 9.47 Å². The summed E-state index contributed by atoms with van der Waals surface area (Å²) < 4.78 is 13.4. The third-order valence-corrected chi connectivity index (χ3v) is 11.6. The first kappa shape index (κ1) is 24.5. The summed E-state index contributed by atoms with van der Waals surface area (Å²) in [6.45, 7) is 6.19. The molecule has 1 heterocycles. The van der Waals surface area contributed by atoms with Crippen molar-refractivity contribution in [2.75, 3.05) is 20.8 Å². The SMILES string of the molecule is COCC12CCC(C)CC1CCC1C2CCC2(C)C1CC[C@@H]2C(=O)Cn1ncc2cccc(OC)c21. The zero-order valence-electron chi connectivity index (χ0n) is 22.7. The van der Waals surface area contributed by atoms with Crippen LogP contribution in [0.25, 0.3) is 10.9 Å². The summed E-state index contributed by atoms with van der Waals surface area (Å²) in [5.41, 5.74) is 1.43. The molecule has 1 aromatic carbocycles. The predicted octanol–water partition coefficient (Wildman–Crippen LogP) is 6.54. The molecule has 0 aliphatic heterocycles. The number of rotatable bonds is 6. The highest BCUT2D eigenvalue weighted by Gasteiger charge is 2.62. The van der Waals surface area contributed by atoms with Crippen molar-refractivity contribution < 1.29 is 14.3 Å². The molecule has 7 unspecified atom stereocenters. The molecular weight excluding hydrogens is 448 g/mol. The molecule has 2 aromatic rings. The largest absolute Gasteiger partial charge is 0.494 e. The fourth-order valence-electron chi connectivity index (χ4n) is 9.99. The van der Waals surface area contributed by atoms with Crippen LogP contribution in [-0.4, -0.2) is 36.4 Å². The van der Waals surface area contributed by atoms with Crippen LogP contribution in [0.15, 0.2) is 24.4 Å². The fraction of sp³-hybridized carbons (Fsp3) is 0.742. The van der Waals surface area contributed by atoms with Crippen LogP contribution in [0.2, 0.25) is 0 Å². The minimum absolute atomic E-state index is 0.119. The zero-order valence-corrected chi connectivity index (χ0v) is 22.7. The summed E-state index contributed by atoms with van der Waals surface area (Å²) in [6, 6.07) is 5.98. The van der Waals surface area contributed by atoms with Gasteiger partial charge in [0, 0.05) is 18.4 Å². The highest BCUT2D eigenvalue weighted by molar-refractivity contribution is 5.88. The van der Waals surface area contributed by atoms with Crippen LogP contribution in [0.5, 0.6) is 5.75 Å². The highest BCUT2D eigenvalue weighted by Crippen LogP contribution is 2.68. The van der Waals surface area contributed by atoms with E-state index < -0.39 is 0 Å². The minimum Gasteiger partial charge on any atom is -0.494 e. The fourth-order valence-corrected chi connectivity index (χ4v) is 9.99. The second kappa shape index (κ2) is 9.15.